The summed E-state index contributed by atoms with van der Waals surface area (Å²) in [5, 5.41) is 4.14. The average molecular weight is 515 g/mol. The Bertz CT molecular complexity index is 1360. The van der Waals surface area contributed by atoms with Crippen LogP contribution in [0.2, 0.25) is 0 Å². The van der Waals surface area contributed by atoms with E-state index in [0.717, 1.165) is 36.6 Å². The first kappa shape index (κ1) is 24.9. The van der Waals surface area contributed by atoms with Gasteiger partial charge in [0.1, 0.15) is 23.7 Å². The Labute approximate surface area is 210 Å². The van der Waals surface area contributed by atoms with Crippen molar-refractivity contribution in [2.24, 2.45) is 4.36 Å². The zero-order valence-corrected chi connectivity index (χ0v) is 21.4. The molecular formula is C26H31FN4O4S. The van der Waals surface area contributed by atoms with Crippen LogP contribution in [0.25, 0.3) is 10.9 Å². The monoisotopic (exact) mass is 514 g/mol. The predicted molar refractivity (Wildman–Crippen MR) is 138 cm³/mol. The Hall–Kier alpha value is -2.82. The molecule has 0 amide bonds. The summed E-state index contributed by atoms with van der Waals surface area (Å²) >= 11 is 0. The Morgan fingerprint density at radius 1 is 1.08 bits per heavy atom. The molecule has 2 aromatic carbocycles. The lowest BCUT2D eigenvalue weighted by Crippen LogP contribution is -2.27. The van der Waals surface area contributed by atoms with Crippen LogP contribution in [-0.2, 0) is 19.2 Å². The number of methoxy groups -OCH3 is 1. The van der Waals surface area contributed by atoms with Crippen LogP contribution in [0.1, 0.15) is 31.2 Å². The van der Waals surface area contributed by atoms with Crippen molar-refractivity contribution in [1.82, 2.24) is 9.97 Å². The highest BCUT2D eigenvalue weighted by atomic mass is 32.2. The first-order chi connectivity index (χ1) is 17.4. The van der Waals surface area contributed by atoms with Gasteiger partial charge >= 0.3 is 0 Å². The van der Waals surface area contributed by atoms with Crippen molar-refractivity contribution in [3.8, 4) is 5.75 Å². The van der Waals surface area contributed by atoms with E-state index in [0.29, 0.717) is 53.2 Å². The largest absolute Gasteiger partial charge is 0.488 e. The normalized spacial score (nSPS) is 21.8. The number of aromatic nitrogens is 2. The van der Waals surface area contributed by atoms with Gasteiger partial charge in [-0.1, -0.05) is 0 Å². The molecular weight excluding hydrogens is 483 g/mol. The second kappa shape index (κ2) is 10.7. The van der Waals surface area contributed by atoms with Crippen molar-refractivity contribution in [1.29, 1.82) is 0 Å². The smallest absolute Gasteiger partial charge is 0.146 e. The van der Waals surface area contributed by atoms with E-state index in [1.54, 1.807) is 13.2 Å². The van der Waals surface area contributed by atoms with Crippen molar-refractivity contribution in [3.63, 3.8) is 0 Å². The van der Waals surface area contributed by atoms with Crippen LogP contribution >= 0.6 is 0 Å². The van der Waals surface area contributed by atoms with Crippen LogP contribution in [0.4, 0.5) is 21.6 Å². The van der Waals surface area contributed by atoms with Crippen molar-refractivity contribution >= 4 is 37.8 Å². The van der Waals surface area contributed by atoms with E-state index >= 15 is 0 Å². The minimum Gasteiger partial charge on any atom is -0.488 e. The second-order valence-corrected chi connectivity index (χ2v) is 11.8. The van der Waals surface area contributed by atoms with Crippen LogP contribution in [0.15, 0.2) is 41.0 Å². The predicted octanol–water partition coefficient (Wildman–Crippen LogP) is 5.29. The molecule has 1 aliphatic carbocycles. The number of fused-ring (bicyclic) bond motifs is 1. The van der Waals surface area contributed by atoms with Crippen LogP contribution < -0.4 is 10.1 Å². The van der Waals surface area contributed by atoms with Gasteiger partial charge in [0.15, 0.2) is 0 Å². The Morgan fingerprint density at radius 2 is 1.83 bits per heavy atom. The van der Waals surface area contributed by atoms with Gasteiger partial charge in [0.05, 0.1) is 63.5 Å². The molecule has 2 fully saturated rings. The van der Waals surface area contributed by atoms with Gasteiger partial charge in [-0.2, -0.15) is 4.36 Å². The maximum Gasteiger partial charge on any atom is 0.146 e. The highest BCUT2D eigenvalue weighted by molar-refractivity contribution is 7.93. The molecule has 192 valence electrons. The highest BCUT2D eigenvalue weighted by Gasteiger charge is 2.23. The number of anilines is 2. The van der Waals surface area contributed by atoms with E-state index < -0.39 is 9.73 Å². The summed E-state index contributed by atoms with van der Waals surface area (Å²) < 4.78 is 48.8. The second-order valence-electron chi connectivity index (χ2n) is 9.28. The van der Waals surface area contributed by atoms with Crippen LogP contribution in [0, 0.1) is 12.7 Å². The SMILES string of the molecule is CO[C@H]1CC[C@H](Oc2cc(F)ccc2Nc2ncnc3cc(N=S4(=O)CCOCC4)cc(C)c23)CC1. The quantitative estimate of drug-likeness (QED) is 0.478. The molecule has 1 saturated heterocycles. The summed E-state index contributed by atoms with van der Waals surface area (Å²) in [5.41, 5.74) is 2.84. The molecule has 3 aromatic rings. The molecule has 0 radical (unpaired) electrons. The average Bonchev–Trinajstić information content (AvgIpc) is 2.86. The molecule has 1 aromatic heterocycles. The van der Waals surface area contributed by atoms with Crippen LogP contribution in [0.5, 0.6) is 5.75 Å². The fourth-order valence-electron chi connectivity index (χ4n) is 4.78. The maximum absolute atomic E-state index is 14.1. The molecule has 10 heteroatoms. The Kier molecular flexibility index (Phi) is 7.36. The molecule has 2 aliphatic rings. The lowest BCUT2D eigenvalue weighted by Gasteiger charge is -2.28. The molecule has 1 aliphatic heterocycles. The van der Waals surface area contributed by atoms with Crippen molar-refractivity contribution in [3.05, 3.63) is 48.0 Å². The van der Waals surface area contributed by atoms with Crippen molar-refractivity contribution < 1.29 is 22.8 Å². The summed E-state index contributed by atoms with van der Waals surface area (Å²) in [6.45, 7) is 2.87. The molecule has 0 atom stereocenters. The van der Waals surface area contributed by atoms with E-state index in [1.807, 2.05) is 19.1 Å². The topological polar surface area (TPSA) is 94.9 Å². The lowest BCUT2D eigenvalue weighted by atomic mass is 9.95. The zero-order chi connectivity index (χ0) is 25.1. The van der Waals surface area contributed by atoms with Gasteiger partial charge in [-0.3, -0.25) is 0 Å². The number of hydrogen-bond donors (Lipinski definition) is 1. The van der Waals surface area contributed by atoms with E-state index in [9.17, 15) is 8.60 Å². The number of hydrogen-bond acceptors (Lipinski definition) is 8. The number of nitrogens with zero attached hydrogens (tertiary/aromatic N) is 3. The summed E-state index contributed by atoms with van der Waals surface area (Å²) in [4.78, 5) is 8.90. The molecule has 1 saturated carbocycles. The van der Waals surface area contributed by atoms with Crippen LogP contribution in [-0.4, -0.2) is 58.2 Å². The van der Waals surface area contributed by atoms with E-state index in [4.69, 9.17) is 14.2 Å². The summed E-state index contributed by atoms with van der Waals surface area (Å²) in [6.07, 6.45) is 5.27. The Morgan fingerprint density at radius 3 is 2.58 bits per heavy atom. The summed E-state index contributed by atoms with van der Waals surface area (Å²) in [6, 6.07) is 8.19. The number of nitrogens with one attached hydrogen (secondary N) is 1. The first-order valence-electron chi connectivity index (χ1n) is 12.2. The van der Waals surface area contributed by atoms with Gasteiger partial charge in [-0.05, 0) is 62.4 Å². The minimum absolute atomic E-state index is 0.00102. The van der Waals surface area contributed by atoms with Crippen molar-refractivity contribution in [2.75, 3.05) is 37.1 Å². The molecule has 36 heavy (non-hydrogen) atoms. The van der Waals surface area contributed by atoms with Gasteiger partial charge < -0.3 is 19.5 Å². The zero-order valence-electron chi connectivity index (χ0n) is 20.5. The highest BCUT2D eigenvalue weighted by Crippen LogP contribution is 2.35. The third-order valence-electron chi connectivity index (χ3n) is 6.73. The summed E-state index contributed by atoms with van der Waals surface area (Å²) in [7, 11) is -0.603. The maximum atomic E-state index is 14.1. The first-order valence-corrected chi connectivity index (χ1v) is 14.1. The molecule has 0 unspecified atom stereocenters. The number of halogens is 1. The van der Waals surface area contributed by atoms with E-state index in [2.05, 4.69) is 19.6 Å². The van der Waals surface area contributed by atoms with Gasteiger partial charge in [-0.15, -0.1) is 0 Å². The Balaban J connectivity index is 1.44. The molecule has 8 nitrogen and oxygen atoms in total. The molecule has 2 heterocycles. The van der Waals surface area contributed by atoms with Gasteiger partial charge in [0, 0.05) is 18.6 Å². The lowest BCUT2D eigenvalue weighted by molar-refractivity contribution is 0.0329. The minimum atomic E-state index is -2.34. The third kappa shape index (κ3) is 5.61. The van der Waals surface area contributed by atoms with Crippen LogP contribution in [0.3, 0.4) is 0 Å². The molecule has 0 bridgehead atoms. The number of ether oxygens (including phenoxy) is 3. The van der Waals surface area contributed by atoms with Gasteiger partial charge in [0.2, 0.25) is 0 Å². The fraction of sp³-hybridized carbons (Fsp3) is 0.462. The van der Waals surface area contributed by atoms with E-state index in [1.165, 1.54) is 18.5 Å². The molecule has 0 spiro atoms. The number of aryl methyl sites for hydroxylation is 1. The molecule has 1 N–H and O–H groups in total. The van der Waals surface area contributed by atoms with Crippen molar-refractivity contribution in [2.45, 2.75) is 44.8 Å². The third-order valence-corrected chi connectivity index (χ3v) is 8.88. The standard InChI is InChI=1S/C26H31FN4O4S/c1-17-13-19(31-36(32)11-9-34-10-12-36)15-23-25(17)26(29-16-28-23)30-22-8-3-18(27)14-24(22)35-21-6-4-20(33-2)5-7-21/h3,8,13-16,20-21H,4-7,9-12H2,1-2H3,(H,28,29,30)/t20-,21-. The molecule has 5 rings (SSSR count). The number of benzene rings is 2. The number of rotatable bonds is 6. The van der Waals surface area contributed by atoms with Gasteiger partial charge in [-0.25, -0.2) is 18.6 Å². The van der Waals surface area contributed by atoms with Gasteiger partial charge in [0.25, 0.3) is 0 Å². The van der Waals surface area contributed by atoms with E-state index in [-0.39, 0.29) is 18.0 Å². The fourth-order valence-corrected chi connectivity index (χ4v) is 6.41. The summed E-state index contributed by atoms with van der Waals surface area (Å²) in [5.74, 6) is 1.53.